The Morgan fingerprint density at radius 1 is 1.10 bits per heavy atom. The average Bonchev–Trinajstić information content (AvgIpc) is 2.46. The van der Waals surface area contributed by atoms with Gasteiger partial charge in [0.15, 0.2) is 0 Å². The van der Waals surface area contributed by atoms with Crippen LogP contribution >= 0.6 is 11.6 Å². The van der Waals surface area contributed by atoms with E-state index in [9.17, 15) is 0 Å². The van der Waals surface area contributed by atoms with Crippen LogP contribution in [0.25, 0.3) is 0 Å². The van der Waals surface area contributed by atoms with Crippen molar-refractivity contribution in [2.45, 2.75) is 13.3 Å². The molecule has 1 aliphatic rings. The maximum Gasteiger partial charge on any atom is 0.228 e. The highest BCUT2D eigenvalue weighted by Crippen LogP contribution is 2.09. The zero-order valence-corrected chi connectivity index (χ0v) is 12.5. The van der Waals surface area contributed by atoms with Crippen molar-refractivity contribution in [1.82, 2.24) is 19.9 Å². The predicted molar refractivity (Wildman–Crippen MR) is 79.4 cm³/mol. The van der Waals surface area contributed by atoms with Crippen LogP contribution in [0.15, 0.2) is 0 Å². The van der Waals surface area contributed by atoms with Gasteiger partial charge in [0.25, 0.3) is 0 Å². The van der Waals surface area contributed by atoms with Gasteiger partial charge >= 0.3 is 0 Å². The number of nitrogens with zero attached hydrogens (tertiary/aromatic N) is 4. The molecule has 20 heavy (non-hydrogen) atoms. The molecule has 2 rings (SSSR count). The monoisotopic (exact) mass is 300 g/mol. The maximum absolute atomic E-state index is 5.89. The summed E-state index contributed by atoms with van der Waals surface area (Å²) in [5.74, 6) is 1.03. The van der Waals surface area contributed by atoms with E-state index in [-0.39, 0.29) is 5.28 Å². The third-order valence-electron chi connectivity index (χ3n) is 2.96. The summed E-state index contributed by atoms with van der Waals surface area (Å²) in [6.07, 6.45) is 1.00. The average molecular weight is 301 g/mol. The fraction of sp³-hybridized carbons (Fsp3) is 0.750. The lowest BCUT2D eigenvalue weighted by Crippen LogP contribution is -2.39. The molecule has 1 aromatic heterocycles. The molecule has 0 atom stereocenters. The van der Waals surface area contributed by atoms with E-state index in [1.807, 2.05) is 0 Å². The molecule has 2 heterocycles. The van der Waals surface area contributed by atoms with Crippen LogP contribution in [0.4, 0.5) is 11.9 Å². The molecule has 8 heteroatoms. The smallest absolute Gasteiger partial charge is 0.228 e. The summed E-state index contributed by atoms with van der Waals surface area (Å²) in [7, 11) is 0. The van der Waals surface area contributed by atoms with Crippen LogP contribution in [0, 0.1) is 0 Å². The second-order valence-corrected chi connectivity index (χ2v) is 4.90. The van der Waals surface area contributed by atoms with Crippen LogP contribution in [0.3, 0.4) is 0 Å². The van der Waals surface area contributed by atoms with Crippen LogP contribution < -0.4 is 10.6 Å². The van der Waals surface area contributed by atoms with Gasteiger partial charge in [-0.3, -0.25) is 4.90 Å². The van der Waals surface area contributed by atoms with Crippen molar-refractivity contribution in [1.29, 1.82) is 0 Å². The molecule has 0 aromatic carbocycles. The van der Waals surface area contributed by atoms with E-state index in [0.29, 0.717) is 11.9 Å². The number of hydrogen-bond donors (Lipinski definition) is 2. The van der Waals surface area contributed by atoms with Crippen molar-refractivity contribution >= 4 is 23.5 Å². The van der Waals surface area contributed by atoms with Gasteiger partial charge in [0, 0.05) is 32.7 Å². The highest BCUT2D eigenvalue weighted by molar-refractivity contribution is 6.28. The van der Waals surface area contributed by atoms with E-state index in [0.717, 1.165) is 52.4 Å². The van der Waals surface area contributed by atoms with Crippen molar-refractivity contribution in [2.24, 2.45) is 0 Å². The zero-order valence-electron chi connectivity index (χ0n) is 11.7. The van der Waals surface area contributed by atoms with Gasteiger partial charge in [0.1, 0.15) is 0 Å². The summed E-state index contributed by atoms with van der Waals surface area (Å²) in [5, 5.41) is 6.48. The second kappa shape index (κ2) is 8.18. The van der Waals surface area contributed by atoms with Gasteiger partial charge in [0.2, 0.25) is 17.2 Å². The molecule has 112 valence electrons. The van der Waals surface area contributed by atoms with E-state index >= 15 is 0 Å². The molecule has 0 unspecified atom stereocenters. The number of aromatic nitrogens is 3. The van der Waals surface area contributed by atoms with E-state index in [1.165, 1.54) is 0 Å². The number of hydrogen-bond acceptors (Lipinski definition) is 7. The molecule has 2 N–H and O–H groups in total. The molecular formula is C12H21ClN6O. The first-order valence-electron chi connectivity index (χ1n) is 6.97. The molecule has 0 radical (unpaired) electrons. The van der Waals surface area contributed by atoms with E-state index < -0.39 is 0 Å². The highest BCUT2D eigenvalue weighted by Gasteiger charge is 2.10. The molecule has 0 saturated carbocycles. The summed E-state index contributed by atoms with van der Waals surface area (Å²) < 4.78 is 5.31. The Morgan fingerprint density at radius 2 is 1.75 bits per heavy atom. The third kappa shape index (κ3) is 5.07. The highest BCUT2D eigenvalue weighted by atomic mass is 35.5. The molecular weight excluding hydrogens is 280 g/mol. The minimum absolute atomic E-state index is 0.201. The summed E-state index contributed by atoms with van der Waals surface area (Å²) in [6.45, 7) is 8.17. The van der Waals surface area contributed by atoms with Crippen molar-refractivity contribution in [2.75, 3.05) is 56.6 Å². The number of morpholine rings is 1. The summed E-state index contributed by atoms with van der Waals surface area (Å²) in [5.41, 5.74) is 0. The second-order valence-electron chi connectivity index (χ2n) is 4.56. The van der Waals surface area contributed by atoms with Crippen molar-refractivity contribution in [3.8, 4) is 0 Å². The Labute approximate surface area is 124 Å². The van der Waals surface area contributed by atoms with Crippen LogP contribution in [-0.4, -0.2) is 65.8 Å². The summed E-state index contributed by atoms with van der Waals surface area (Å²) >= 11 is 5.89. The fourth-order valence-electron chi connectivity index (χ4n) is 1.90. The molecule has 0 aliphatic carbocycles. The normalized spacial score (nSPS) is 16.1. The van der Waals surface area contributed by atoms with Gasteiger partial charge in [0.05, 0.1) is 13.2 Å². The quantitative estimate of drug-likeness (QED) is 0.780. The number of anilines is 2. The number of rotatable bonds is 7. The van der Waals surface area contributed by atoms with Gasteiger partial charge in [-0.05, 0) is 18.0 Å². The summed E-state index contributed by atoms with van der Waals surface area (Å²) in [6, 6.07) is 0. The third-order valence-corrected chi connectivity index (χ3v) is 3.13. The number of ether oxygens (including phenoxy) is 1. The summed E-state index contributed by atoms with van der Waals surface area (Å²) in [4.78, 5) is 14.7. The van der Waals surface area contributed by atoms with Gasteiger partial charge in [-0.1, -0.05) is 6.92 Å². The van der Waals surface area contributed by atoms with Crippen molar-refractivity contribution in [3.63, 3.8) is 0 Å². The van der Waals surface area contributed by atoms with Gasteiger partial charge in [-0.15, -0.1) is 0 Å². The first kappa shape index (κ1) is 15.2. The Morgan fingerprint density at radius 3 is 2.40 bits per heavy atom. The lowest BCUT2D eigenvalue weighted by atomic mass is 10.4. The van der Waals surface area contributed by atoms with Crippen LogP contribution in [0.5, 0.6) is 0 Å². The van der Waals surface area contributed by atoms with Crippen LogP contribution in [0.2, 0.25) is 5.28 Å². The van der Waals surface area contributed by atoms with E-state index in [2.05, 4.69) is 37.4 Å². The van der Waals surface area contributed by atoms with Gasteiger partial charge in [-0.25, -0.2) is 0 Å². The largest absolute Gasteiger partial charge is 0.379 e. The first-order valence-corrected chi connectivity index (χ1v) is 7.35. The van der Waals surface area contributed by atoms with Gasteiger partial charge < -0.3 is 15.4 Å². The lowest BCUT2D eigenvalue weighted by molar-refractivity contribution is 0.0398. The van der Waals surface area contributed by atoms with Gasteiger partial charge in [-0.2, -0.15) is 15.0 Å². The van der Waals surface area contributed by atoms with Crippen molar-refractivity contribution in [3.05, 3.63) is 5.28 Å². The Bertz CT molecular complexity index is 413. The van der Waals surface area contributed by atoms with Crippen molar-refractivity contribution < 1.29 is 4.74 Å². The number of halogens is 1. The predicted octanol–water partition coefficient (Wildman–Crippen LogP) is 1.09. The fourth-order valence-corrected chi connectivity index (χ4v) is 2.06. The molecule has 7 nitrogen and oxygen atoms in total. The molecule has 1 saturated heterocycles. The zero-order chi connectivity index (χ0) is 14.2. The Balaban J connectivity index is 1.80. The molecule has 0 amide bonds. The molecule has 1 fully saturated rings. The standard InChI is InChI=1S/C12H21ClN6O/c1-2-3-14-11-16-10(13)17-12(18-11)15-4-5-19-6-8-20-9-7-19/h2-9H2,1H3,(H2,14,15,16,17,18). The topological polar surface area (TPSA) is 75.2 Å². The Hall–Kier alpha value is -1.18. The van der Waals surface area contributed by atoms with E-state index in [1.54, 1.807) is 0 Å². The lowest BCUT2D eigenvalue weighted by Gasteiger charge is -2.26. The van der Waals surface area contributed by atoms with Crippen LogP contribution in [-0.2, 0) is 4.74 Å². The SMILES string of the molecule is CCCNc1nc(Cl)nc(NCCN2CCOCC2)n1. The first-order chi connectivity index (χ1) is 9.78. The van der Waals surface area contributed by atoms with Crippen LogP contribution in [0.1, 0.15) is 13.3 Å². The minimum Gasteiger partial charge on any atom is -0.379 e. The van der Waals surface area contributed by atoms with E-state index in [4.69, 9.17) is 16.3 Å². The number of nitrogens with one attached hydrogen (secondary N) is 2. The molecule has 1 aliphatic heterocycles. The molecule has 0 bridgehead atoms. The maximum atomic E-state index is 5.89. The molecule has 1 aromatic rings. The molecule has 0 spiro atoms. The Kier molecular flexibility index (Phi) is 6.23. The minimum atomic E-state index is 0.201.